The normalized spacial score (nSPS) is 11.6. The van der Waals surface area contributed by atoms with Gasteiger partial charge in [-0.3, -0.25) is 0 Å². The second-order valence-corrected chi connectivity index (χ2v) is 7.66. The Morgan fingerprint density at radius 3 is 1.96 bits per heavy atom. The lowest BCUT2D eigenvalue weighted by atomic mass is 10.1. The van der Waals surface area contributed by atoms with Crippen LogP contribution in [-0.4, -0.2) is 31.8 Å². The molecule has 0 heterocycles. The average molecular weight is 361 g/mol. The molecule has 0 fully saturated rings. The largest absolute Gasteiger partial charge is 0.422 e. The second-order valence-electron chi connectivity index (χ2n) is 5.72. The van der Waals surface area contributed by atoms with E-state index in [0.717, 1.165) is 11.1 Å². The van der Waals surface area contributed by atoms with Gasteiger partial charge in [0.1, 0.15) is 5.75 Å². The standard InChI is InChI=1S/C19H23NO4S/c1-5-20(6-2)25(22,23)17-12-10-16(11-13-17)19(21)24-18-14(3)8-7-9-15(18)4/h7-13H,5-6H2,1-4H3. The van der Waals surface area contributed by atoms with Crippen molar-refractivity contribution in [1.82, 2.24) is 4.31 Å². The first-order chi connectivity index (χ1) is 11.8. The van der Waals surface area contributed by atoms with Crippen molar-refractivity contribution in [2.75, 3.05) is 13.1 Å². The van der Waals surface area contributed by atoms with Crippen molar-refractivity contribution < 1.29 is 17.9 Å². The summed E-state index contributed by atoms with van der Waals surface area (Å²) >= 11 is 0. The molecule has 0 aliphatic carbocycles. The van der Waals surface area contributed by atoms with Crippen LogP contribution in [0, 0.1) is 13.8 Å². The predicted molar refractivity (Wildman–Crippen MR) is 97.4 cm³/mol. The lowest BCUT2D eigenvalue weighted by Crippen LogP contribution is -2.30. The van der Waals surface area contributed by atoms with Gasteiger partial charge in [0.05, 0.1) is 10.5 Å². The summed E-state index contributed by atoms with van der Waals surface area (Å²) < 4.78 is 31.8. The number of aryl methyl sites for hydroxylation is 2. The maximum Gasteiger partial charge on any atom is 0.343 e. The van der Waals surface area contributed by atoms with E-state index >= 15 is 0 Å². The molecular formula is C19H23NO4S. The van der Waals surface area contributed by atoms with Gasteiger partial charge >= 0.3 is 5.97 Å². The first kappa shape index (κ1) is 19.1. The Kier molecular flexibility index (Phi) is 5.98. The molecule has 0 aromatic heterocycles. The van der Waals surface area contributed by atoms with Crippen molar-refractivity contribution in [2.24, 2.45) is 0 Å². The van der Waals surface area contributed by atoms with Crippen LogP contribution in [-0.2, 0) is 10.0 Å². The van der Waals surface area contributed by atoms with Crippen LogP contribution >= 0.6 is 0 Å². The van der Waals surface area contributed by atoms with Crippen molar-refractivity contribution in [3.8, 4) is 5.75 Å². The van der Waals surface area contributed by atoms with E-state index in [1.54, 1.807) is 13.8 Å². The van der Waals surface area contributed by atoms with E-state index < -0.39 is 16.0 Å². The number of hydrogen-bond acceptors (Lipinski definition) is 4. The maximum absolute atomic E-state index is 12.5. The number of ether oxygens (including phenoxy) is 1. The number of hydrogen-bond donors (Lipinski definition) is 0. The van der Waals surface area contributed by atoms with Gasteiger partial charge in [0.25, 0.3) is 0 Å². The highest BCUT2D eigenvalue weighted by atomic mass is 32.2. The third-order valence-electron chi connectivity index (χ3n) is 4.04. The third-order valence-corrected chi connectivity index (χ3v) is 6.10. The molecule has 0 unspecified atom stereocenters. The van der Waals surface area contributed by atoms with Crippen LogP contribution in [0.4, 0.5) is 0 Å². The van der Waals surface area contributed by atoms with Gasteiger partial charge in [0, 0.05) is 13.1 Å². The van der Waals surface area contributed by atoms with E-state index in [0.29, 0.717) is 24.4 Å². The van der Waals surface area contributed by atoms with Crippen molar-refractivity contribution >= 4 is 16.0 Å². The van der Waals surface area contributed by atoms with Crippen molar-refractivity contribution in [1.29, 1.82) is 0 Å². The zero-order chi connectivity index (χ0) is 18.6. The van der Waals surface area contributed by atoms with Crippen LogP contribution in [0.1, 0.15) is 35.3 Å². The van der Waals surface area contributed by atoms with Crippen LogP contribution in [0.2, 0.25) is 0 Å². The highest BCUT2D eigenvalue weighted by molar-refractivity contribution is 7.89. The Bertz CT molecular complexity index is 833. The minimum atomic E-state index is -3.53. The summed E-state index contributed by atoms with van der Waals surface area (Å²) in [5.41, 5.74) is 2.05. The maximum atomic E-state index is 12.5. The molecule has 25 heavy (non-hydrogen) atoms. The predicted octanol–water partition coefficient (Wildman–Crippen LogP) is 3.55. The van der Waals surface area contributed by atoms with Gasteiger partial charge in [0.2, 0.25) is 10.0 Å². The quantitative estimate of drug-likeness (QED) is 0.583. The summed E-state index contributed by atoms with van der Waals surface area (Å²) in [5, 5.41) is 0. The Balaban J connectivity index is 2.24. The van der Waals surface area contributed by atoms with Gasteiger partial charge in [-0.2, -0.15) is 4.31 Å². The number of esters is 1. The van der Waals surface area contributed by atoms with E-state index in [4.69, 9.17) is 4.74 Å². The van der Waals surface area contributed by atoms with E-state index in [9.17, 15) is 13.2 Å². The first-order valence-electron chi connectivity index (χ1n) is 8.19. The Labute approximate surface area is 149 Å². The van der Waals surface area contributed by atoms with Crippen LogP contribution in [0.3, 0.4) is 0 Å². The average Bonchev–Trinajstić information content (AvgIpc) is 2.59. The Morgan fingerprint density at radius 2 is 1.48 bits per heavy atom. The summed E-state index contributed by atoms with van der Waals surface area (Å²) in [7, 11) is -3.53. The molecule has 6 heteroatoms. The molecule has 2 aromatic carbocycles. The molecule has 0 aliphatic rings. The van der Waals surface area contributed by atoms with Crippen molar-refractivity contribution in [2.45, 2.75) is 32.6 Å². The van der Waals surface area contributed by atoms with E-state index in [1.807, 2.05) is 32.0 Å². The third kappa shape index (κ3) is 4.08. The molecule has 0 radical (unpaired) electrons. The van der Waals surface area contributed by atoms with Gasteiger partial charge < -0.3 is 4.74 Å². The van der Waals surface area contributed by atoms with Gasteiger partial charge in [-0.1, -0.05) is 32.0 Å². The molecule has 0 saturated heterocycles. The molecule has 134 valence electrons. The Hall–Kier alpha value is -2.18. The monoisotopic (exact) mass is 361 g/mol. The van der Waals surface area contributed by atoms with Gasteiger partial charge in [-0.05, 0) is 49.2 Å². The number of rotatable bonds is 6. The fourth-order valence-electron chi connectivity index (χ4n) is 2.59. The number of benzene rings is 2. The molecule has 0 aliphatic heterocycles. The summed E-state index contributed by atoms with van der Waals surface area (Å²) in [6.45, 7) is 8.11. The number of carbonyl (C=O) groups is 1. The molecule has 2 rings (SSSR count). The zero-order valence-corrected chi connectivity index (χ0v) is 15.8. The fourth-order valence-corrected chi connectivity index (χ4v) is 4.05. The van der Waals surface area contributed by atoms with Gasteiger partial charge in [0.15, 0.2) is 0 Å². The molecule has 0 amide bonds. The molecular weight excluding hydrogens is 338 g/mol. The van der Waals surface area contributed by atoms with E-state index in [-0.39, 0.29) is 4.90 Å². The number of sulfonamides is 1. The van der Waals surface area contributed by atoms with Crippen molar-refractivity contribution in [3.63, 3.8) is 0 Å². The van der Waals surface area contributed by atoms with Gasteiger partial charge in [-0.15, -0.1) is 0 Å². The zero-order valence-electron chi connectivity index (χ0n) is 14.9. The number of carbonyl (C=O) groups excluding carboxylic acids is 1. The van der Waals surface area contributed by atoms with Gasteiger partial charge in [-0.25, -0.2) is 13.2 Å². The number of nitrogens with zero attached hydrogens (tertiary/aromatic N) is 1. The lowest BCUT2D eigenvalue weighted by molar-refractivity contribution is 0.0732. The molecule has 0 atom stereocenters. The Morgan fingerprint density at radius 1 is 0.960 bits per heavy atom. The summed E-state index contributed by atoms with van der Waals surface area (Å²) in [6, 6.07) is 11.5. The van der Waals surface area contributed by atoms with E-state index in [1.165, 1.54) is 28.6 Å². The highest BCUT2D eigenvalue weighted by Gasteiger charge is 2.22. The molecule has 0 N–H and O–H groups in total. The highest BCUT2D eigenvalue weighted by Crippen LogP contribution is 2.24. The SMILES string of the molecule is CCN(CC)S(=O)(=O)c1ccc(C(=O)Oc2c(C)cccc2C)cc1. The smallest absolute Gasteiger partial charge is 0.343 e. The summed E-state index contributed by atoms with van der Waals surface area (Å²) in [6.07, 6.45) is 0. The first-order valence-corrected chi connectivity index (χ1v) is 9.63. The van der Waals surface area contributed by atoms with E-state index in [2.05, 4.69) is 0 Å². The second kappa shape index (κ2) is 7.80. The molecule has 0 saturated carbocycles. The summed E-state index contributed by atoms with van der Waals surface area (Å²) in [4.78, 5) is 12.5. The minimum absolute atomic E-state index is 0.167. The molecule has 0 spiro atoms. The molecule has 5 nitrogen and oxygen atoms in total. The topological polar surface area (TPSA) is 63.7 Å². The van der Waals surface area contributed by atoms with Crippen LogP contribution in [0.25, 0.3) is 0 Å². The summed E-state index contributed by atoms with van der Waals surface area (Å²) in [5.74, 6) is 0.0246. The van der Waals surface area contributed by atoms with Crippen LogP contribution in [0.5, 0.6) is 5.75 Å². The molecule has 2 aromatic rings. The fraction of sp³-hybridized carbons (Fsp3) is 0.316. The number of para-hydroxylation sites is 1. The lowest BCUT2D eigenvalue weighted by Gasteiger charge is -2.18. The van der Waals surface area contributed by atoms with Crippen molar-refractivity contribution in [3.05, 3.63) is 59.2 Å². The molecule has 0 bridgehead atoms. The van der Waals surface area contributed by atoms with Crippen LogP contribution < -0.4 is 4.74 Å². The van der Waals surface area contributed by atoms with Crippen LogP contribution in [0.15, 0.2) is 47.4 Å². The minimum Gasteiger partial charge on any atom is -0.422 e.